The fourth-order valence-electron chi connectivity index (χ4n) is 4.05. The molecular formula is C24H24N6O2S. The van der Waals surface area contributed by atoms with Crippen molar-refractivity contribution in [1.82, 2.24) is 30.5 Å². The van der Waals surface area contributed by atoms with E-state index in [9.17, 15) is 4.79 Å². The summed E-state index contributed by atoms with van der Waals surface area (Å²) in [5.74, 6) is -0.236. The standard InChI is InChI=1S/C24H24N6O2S/c1-15-27-28-24(33-15)18-10-17-11-20(26-14-21(17)25-13-18)22-12-19(8-9-30(22)2)32-29-23(31)16-6-4-3-5-7-16/h3-7,10-11,13-14,19,22H,8-9,12H2,1-2H3,(H,29,31). The first-order chi connectivity index (χ1) is 16.1. The number of hydroxylamine groups is 1. The molecule has 1 N–H and O–H groups in total. The molecule has 1 saturated heterocycles. The summed E-state index contributed by atoms with van der Waals surface area (Å²) in [5.41, 5.74) is 5.94. The van der Waals surface area contributed by atoms with Crippen LogP contribution in [0.4, 0.5) is 0 Å². The Morgan fingerprint density at radius 2 is 2.00 bits per heavy atom. The summed E-state index contributed by atoms with van der Waals surface area (Å²) in [7, 11) is 2.09. The third-order valence-corrected chi connectivity index (χ3v) is 6.77. The van der Waals surface area contributed by atoms with Crippen molar-refractivity contribution in [3.05, 3.63) is 71.1 Å². The molecule has 5 rings (SSSR count). The summed E-state index contributed by atoms with van der Waals surface area (Å²) >= 11 is 1.55. The van der Waals surface area contributed by atoms with Crippen molar-refractivity contribution in [2.45, 2.75) is 31.9 Å². The number of nitrogens with zero attached hydrogens (tertiary/aromatic N) is 5. The first-order valence-electron chi connectivity index (χ1n) is 10.8. The summed E-state index contributed by atoms with van der Waals surface area (Å²) < 4.78 is 0. The van der Waals surface area contributed by atoms with E-state index in [1.54, 1.807) is 23.5 Å². The fraction of sp³-hybridized carbons (Fsp3) is 0.292. The second-order valence-corrected chi connectivity index (χ2v) is 9.39. The number of hydrogen-bond acceptors (Lipinski definition) is 8. The molecule has 9 heteroatoms. The lowest BCUT2D eigenvalue weighted by atomic mass is 9.96. The van der Waals surface area contributed by atoms with Crippen LogP contribution in [-0.4, -0.2) is 50.7 Å². The molecular weight excluding hydrogens is 436 g/mol. The Kier molecular flexibility index (Phi) is 6.08. The molecule has 0 radical (unpaired) electrons. The molecule has 2 unspecified atom stereocenters. The van der Waals surface area contributed by atoms with Crippen LogP contribution in [0, 0.1) is 6.92 Å². The van der Waals surface area contributed by atoms with Gasteiger partial charge in [-0.3, -0.25) is 24.5 Å². The lowest BCUT2D eigenvalue weighted by molar-refractivity contribution is -0.0542. The van der Waals surface area contributed by atoms with E-state index in [1.807, 2.05) is 37.5 Å². The number of fused-ring (bicyclic) bond motifs is 1. The Balaban J connectivity index is 1.32. The number of amides is 1. The smallest absolute Gasteiger partial charge is 0.274 e. The number of piperidine rings is 1. The van der Waals surface area contributed by atoms with Crippen molar-refractivity contribution in [2.24, 2.45) is 0 Å². The normalized spacial score (nSPS) is 19.0. The molecule has 1 aromatic carbocycles. The molecule has 3 aromatic heterocycles. The zero-order chi connectivity index (χ0) is 22.8. The van der Waals surface area contributed by atoms with Crippen molar-refractivity contribution in [3.8, 4) is 10.6 Å². The highest BCUT2D eigenvalue weighted by Gasteiger charge is 2.29. The molecule has 33 heavy (non-hydrogen) atoms. The van der Waals surface area contributed by atoms with Crippen LogP contribution < -0.4 is 5.48 Å². The monoisotopic (exact) mass is 460 g/mol. The highest BCUT2D eigenvalue weighted by molar-refractivity contribution is 7.14. The minimum atomic E-state index is -0.236. The van der Waals surface area contributed by atoms with Crippen LogP contribution in [0.2, 0.25) is 0 Å². The van der Waals surface area contributed by atoms with E-state index in [-0.39, 0.29) is 18.1 Å². The van der Waals surface area contributed by atoms with E-state index in [4.69, 9.17) is 9.82 Å². The van der Waals surface area contributed by atoms with Gasteiger partial charge in [-0.05, 0) is 51.1 Å². The van der Waals surface area contributed by atoms with E-state index in [0.717, 1.165) is 51.6 Å². The van der Waals surface area contributed by atoms with Crippen LogP contribution in [0.3, 0.4) is 0 Å². The zero-order valence-electron chi connectivity index (χ0n) is 18.4. The minimum absolute atomic E-state index is 0.0780. The number of nitrogens with one attached hydrogen (secondary N) is 1. The third kappa shape index (κ3) is 4.75. The molecule has 0 aliphatic carbocycles. The predicted octanol–water partition coefficient (Wildman–Crippen LogP) is 3.95. The van der Waals surface area contributed by atoms with Gasteiger partial charge in [0.1, 0.15) is 10.0 Å². The predicted molar refractivity (Wildman–Crippen MR) is 127 cm³/mol. The second kappa shape index (κ2) is 9.30. The molecule has 8 nitrogen and oxygen atoms in total. The molecule has 168 valence electrons. The number of benzene rings is 1. The quantitative estimate of drug-likeness (QED) is 0.451. The first-order valence-corrected chi connectivity index (χ1v) is 11.7. The van der Waals surface area contributed by atoms with Crippen molar-refractivity contribution in [3.63, 3.8) is 0 Å². The van der Waals surface area contributed by atoms with Crippen molar-refractivity contribution in [2.75, 3.05) is 13.6 Å². The number of hydrogen-bond donors (Lipinski definition) is 1. The number of likely N-dealkylation sites (tertiary alicyclic amines) is 1. The fourth-order valence-corrected chi connectivity index (χ4v) is 4.72. The van der Waals surface area contributed by atoms with E-state index in [2.05, 4.69) is 44.7 Å². The Morgan fingerprint density at radius 1 is 1.15 bits per heavy atom. The van der Waals surface area contributed by atoms with Crippen LogP contribution >= 0.6 is 11.3 Å². The molecule has 0 bridgehead atoms. The highest BCUT2D eigenvalue weighted by atomic mass is 32.1. The van der Waals surface area contributed by atoms with E-state index in [1.165, 1.54) is 0 Å². The topological polar surface area (TPSA) is 93.1 Å². The molecule has 4 heterocycles. The average molecular weight is 461 g/mol. The molecule has 0 spiro atoms. The van der Waals surface area contributed by atoms with Gasteiger partial charge >= 0.3 is 0 Å². The highest BCUT2D eigenvalue weighted by Crippen LogP contribution is 2.32. The Hall–Kier alpha value is -3.27. The lowest BCUT2D eigenvalue weighted by Gasteiger charge is -2.36. The van der Waals surface area contributed by atoms with Gasteiger partial charge in [0.05, 0.1) is 29.6 Å². The lowest BCUT2D eigenvalue weighted by Crippen LogP contribution is -2.40. The van der Waals surface area contributed by atoms with Crippen LogP contribution in [0.5, 0.6) is 0 Å². The summed E-state index contributed by atoms with van der Waals surface area (Å²) in [6.07, 6.45) is 5.10. The van der Waals surface area contributed by atoms with E-state index >= 15 is 0 Å². The number of aromatic nitrogens is 4. The molecule has 1 amide bonds. The minimum Gasteiger partial charge on any atom is -0.298 e. The van der Waals surface area contributed by atoms with Gasteiger partial charge in [-0.25, -0.2) is 5.48 Å². The van der Waals surface area contributed by atoms with Crippen LogP contribution in [-0.2, 0) is 4.84 Å². The molecule has 2 atom stereocenters. The molecule has 1 aliphatic rings. The third-order valence-electron chi connectivity index (χ3n) is 5.88. The van der Waals surface area contributed by atoms with Gasteiger partial charge in [-0.15, -0.1) is 10.2 Å². The van der Waals surface area contributed by atoms with Crippen molar-refractivity contribution in [1.29, 1.82) is 0 Å². The van der Waals surface area contributed by atoms with Gasteiger partial charge in [-0.1, -0.05) is 29.5 Å². The number of carbonyl (C=O) groups excluding carboxylic acids is 1. The maximum Gasteiger partial charge on any atom is 0.274 e. The Bertz CT molecular complexity index is 1280. The largest absolute Gasteiger partial charge is 0.298 e. The number of rotatable bonds is 5. The first kappa shape index (κ1) is 21.6. The maximum atomic E-state index is 12.3. The van der Waals surface area contributed by atoms with Gasteiger partial charge in [0.15, 0.2) is 0 Å². The number of carbonyl (C=O) groups is 1. The average Bonchev–Trinajstić information content (AvgIpc) is 3.29. The van der Waals surface area contributed by atoms with Crippen LogP contribution in [0.1, 0.15) is 39.9 Å². The summed E-state index contributed by atoms with van der Waals surface area (Å²) in [6.45, 7) is 2.79. The summed E-state index contributed by atoms with van der Waals surface area (Å²) in [5, 5.41) is 11.1. The zero-order valence-corrected chi connectivity index (χ0v) is 19.2. The van der Waals surface area contributed by atoms with Crippen molar-refractivity contribution < 1.29 is 9.63 Å². The number of aryl methyl sites for hydroxylation is 1. The van der Waals surface area contributed by atoms with Crippen LogP contribution in [0.25, 0.3) is 21.5 Å². The van der Waals surface area contributed by atoms with Gasteiger partial charge < -0.3 is 0 Å². The van der Waals surface area contributed by atoms with Gasteiger partial charge in [0.2, 0.25) is 0 Å². The second-order valence-electron chi connectivity index (χ2n) is 8.21. The van der Waals surface area contributed by atoms with Crippen LogP contribution in [0.15, 0.2) is 54.9 Å². The van der Waals surface area contributed by atoms with Gasteiger partial charge in [0, 0.05) is 29.3 Å². The molecule has 1 aliphatic heterocycles. The molecule has 1 fully saturated rings. The van der Waals surface area contributed by atoms with Crippen molar-refractivity contribution >= 4 is 28.1 Å². The Labute approximate surface area is 195 Å². The van der Waals surface area contributed by atoms with Gasteiger partial charge in [-0.2, -0.15) is 0 Å². The van der Waals surface area contributed by atoms with Gasteiger partial charge in [0.25, 0.3) is 5.91 Å². The Morgan fingerprint density at radius 3 is 2.79 bits per heavy atom. The van der Waals surface area contributed by atoms with E-state index in [0.29, 0.717) is 5.56 Å². The molecule has 0 saturated carbocycles. The van der Waals surface area contributed by atoms with E-state index < -0.39 is 0 Å². The summed E-state index contributed by atoms with van der Waals surface area (Å²) in [6, 6.07) is 13.3. The summed E-state index contributed by atoms with van der Waals surface area (Å²) in [4.78, 5) is 29.6. The molecule has 4 aromatic rings. The SMILES string of the molecule is Cc1nnc(-c2cnc3cnc(C4CC(ONC(=O)c5ccccc5)CCN4C)cc3c2)s1. The maximum absolute atomic E-state index is 12.3. The number of pyridine rings is 2.